The van der Waals surface area contributed by atoms with Crippen molar-refractivity contribution in [2.75, 3.05) is 13.4 Å². The SMILES string of the molecule is C=C(C)C(=O)OCC(=O)OCOC12CC3CC(C1)C(=O)C(C3)C2. The maximum Gasteiger partial charge on any atom is 0.346 e. The van der Waals surface area contributed by atoms with E-state index >= 15 is 0 Å². The topological polar surface area (TPSA) is 78.9 Å². The van der Waals surface area contributed by atoms with Crippen molar-refractivity contribution in [2.24, 2.45) is 17.8 Å². The third-order valence-corrected chi connectivity index (χ3v) is 5.19. The molecule has 0 amide bonds. The summed E-state index contributed by atoms with van der Waals surface area (Å²) in [5.74, 6) is -0.0916. The minimum atomic E-state index is -0.652. The Hall–Kier alpha value is -1.69. The van der Waals surface area contributed by atoms with Gasteiger partial charge in [-0.25, -0.2) is 9.59 Å². The zero-order valence-electron chi connectivity index (χ0n) is 13.3. The maximum absolute atomic E-state index is 12.1. The molecule has 0 heterocycles. The normalized spacial score (nSPS) is 34.3. The molecule has 0 saturated heterocycles. The summed E-state index contributed by atoms with van der Waals surface area (Å²) in [6, 6.07) is 0. The molecule has 6 nitrogen and oxygen atoms in total. The van der Waals surface area contributed by atoms with Gasteiger partial charge in [0.15, 0.2) is 13.4 Å². The quantitative estimate of drug-likeness (QED) is 0.421. The first-order chi connectivity index (χ1) is 10.9. The Kier molecular flexibility index (Phi) is 4.27. The van der Waals surface area contributed by atoms with Crippen molar-refractivity contribution in [3.63, 3.8) is 0 Å². The third-order valence-electron chi connectivity index (χ3n) is 5.19. The van der Waals surface area contributed by atoms with E-state index in [2.05, 4.69) is 6.58 Å². The molecule has 2 atom stereocenters. The lowest BCUT2D eigenvalue weighted by molar-refractivity contribution is -0.211. The second-order valence-corrected chi connectivity index (χ2v) is 7.06. The molecule has 4 rings (SSSR count). The largest absolute Gasteiger partial charge is 0.450 e. The maximum atomic E-state index is 12.1. The van der Waals surface area contributed by atoms with Crippen LogP contribution in [0.5, 0.6) is 0 Å². The zero-order valence-corrected chi connectivity index (χ0v) is 13.3. The van der Waals surface area contributed by atoms with E-state index in [1.807, 2.05) is 0 Å². The average Bonchev–Trinajstić information content (AvgIpc) is 2.49. The Labute approximate surface area is 135 Å². The second-order valence-electron chi connectivity index (χ2n) is 7.06. The molecule has 0 aliphatic heterocycles. The molecule has 0 spiro atoms. The van der Waals surface area contributed by atoms with Crippen molar-refractivity contribution in [3.05, 3.63) is 12.2 Å². The molecule has 6 heteroatoms. The van der Waals surface area contributed by atoms with E-state index in [9.17, 15) is 14.4 Å². The van der Waals surface area contributed by atoms with Gasteiger partial charge in [-0.2, -0.15) is 0 Å². The number of hydrogen-bond donors (Lipinski definition) is 0. The Morgan fingerprint density at radius 3 is 2.43 bits per heavy atom. The monoisotopic (exact) mass is 322 g/mol. The molecule has 4 aliphatic carbocycles. The van der Waals surface area contributed by atoms with E-state index < -0.39 is 18.5 Å². The summed E-state index contributed by atoms with van der Waals surface area (Å²) in [6.07, 6.45) is 4.38. The summed E-state index contributed by atoms with van der Waals surface area (Å²) >= 11 is 0. The van der Waals surface area contributed by atoms with Gasteiger partial charge in [-0.3, -0.25) is 4.79 Å². The van der Waals surface area contributed by atoms with Gasteiger partial charge in [0.2, 0.25) is 0 Å². The van der Waals surface area contributed by atoms with Crippen molar-refractivity contribution in [1.29, 1.82) is 0 Å². The first-order valence-electron chi connectivity index (χ1n) is 8.04. The van der Waals surface area contributed by atoms with Gasteiger partial charge < -0.3 is 14.2 Å². The van der Waals surface area contributed by atoms with E-state index in [1.165, 1.54) is 6.92 Å². The molecular formula is C17H22O6. The van der Waals surface area contributed by atoms with Gasteiger partial charge in [-0.15, -0.1) is 0 Å². The predicted octanol–water partition coefficient (Wildman–Crippen LogP) is 1.77. The van der Waals surface area contributed by atoms with E-state index in [0.29, 0.717) is 11.7 Å². The van der Waals surface area contributed by atoms with Gasteiger partial charge >= 0.3 is 11.9 Å². The number of carbonyl (C=O) groups is 3. The van der Waals surface area contributed by atoms with E-state index in [0.717, 1.165) is 32.1 Å². The third kappa shape index (κ3) is 3.32. The molecule has 0 N–H and O–H groups in total. The van der Waals surface area contributed by atoms with Gasteiger partial charge in [-0.05, 0) is 44.9 Å². The summed E-state index contributed by atoms with van der Waals surface area (Å²) in [5, 5.41) is 0. The minimum Gasteiger partial charge on any atom is -0.450 e. The molecule has 126 valence electrons. The lowest BCUT2D eigenvalue weighted by atomic mass is 9.53. The van der Waals surface area contributed by atoms with Crippen LogP contribution >= 0.6 is 0 Å². The lowest BCUT2D eigenvalue weighted by Crippen LogP contribution is -2.56. The van der Waals surface area contributed by atoms with Crippen LogP contribution in [-0.4, -0.2) is 36.7 Å². The molecule has 0 aromatic heterocycles. The highest BCUT2D eigenvalue weighted by atomic mass is 16.7. The number of carbonyl (C=O) groups excluding carboxylic acids is 3. The Bertz CT molecular complexity index is 533. The highest BCUT2D eigenvalue weighted by Crippen LogP contribution is 2.55. The Morgan fingerprint density at radius 1 is 1.17 bits per heavy atom. The van der Waals surface area contributed by atoms with Crippen LogP contribution in [0.2, 0.25) is 0 Å². The fourth-order valence-electron chi connectivity index (χ4n) is 4.36. The van der Waals surface area contributed by atoms with Gasteiger partial charge in [0, 0.05) is 17.4 Å². The molecule has 4 bridgehead atoms. The van der Waals surface area contributed by atoms with Crippen molar-refractivity contribution in [1.82, 2.24) is 0 Å². The Morgan fingerprint density at radius 2 is 1.83 bits per heavy atom. The summed E-state index contributed by atoms with van der Waals surface area (Å²) in [5.41, 5.74) is -0.0914. The minimum absolute atomic E-state index is 0.119. The summed E-state index contributed by atoms with van der Waals surface area (Å²) in [7, 11) is 0. The van der Waals surface area contributed by atoms with Crippen LogP contribution in [0.15, 0.2) is 12.2 Å². The molecular weight excluding hydrogens is 300 g/mol. The van der Waals surface area contributed by atoms with Crippen LogP contribution < -0.4 is 0 Å². The van der Waals surface area contributed by atoms with Crippen molar-refractivity contribution in [2.45, 2.75) is 44.6 Å². The fraction of sp³-hybridized carbons (Fsp3) is 0.706. The van der Waals surface area contributed by atoms with Crippen LogP contribution in [0, 0.1) is 17.8 Å². The van der Waals surface area contributed by atoms with Crippen molar-refractivity contribution in [3.8, 4) is 0 Å². The first kappa shape index (κ1) is 16.2. The molecule has 4 aliphatic rings. The smallest absolute Gasteiger partial charge is 0.346 e. The predicted molar refractivity (Wildman–Crippen MR) is 79.1 cm³/mol. The molecule has 0 aromatic rings. The van der Waals surface area contributed by atoms with Gasteiger partial charge in [-0.1, -0.05) is 6.58 Å². The van der Waals surface area contributed by atoms with Crippen LogP contribution in [0.25, 0.3) is 0 Å². The van der Waals surface area contributed by atoms with Crippen LogP contribution in [0.4, 0.5) is 0 Å². The van der Waals surface area contributed by atoms with Crippen LogP contribution in [-0.2, 0) is 28.6 Å². The standard InChI is InChI=1S/C17H22O6/c1-10(2)16(20)21-8-14(18)22-9-23-17-5-11-3-12(6-17)15(19)13(4-11)7-17/h11-13H,1,3-9H2,2H3. The number of esters is 2. The number of rotatable bonds is 6. The second kappa shape index (κ2) is 6.07. The zero-order chi connectivity index (χ0) is 16.6. The lowest BCUT2D eigenvalue weighted by Gasteiger charge is -2.54. The van der Waals surface area contributed by atoms with Gasteiger partial charge in [0.1, 0.15) is 5.78 Å². The van der Waals surface area contributed by atoms with Crippen LogP contribution in [0.3, 0.4) is 0 Å². The summed E-state index contributed by atoms with van der Waals surface area (Å²) in [6.45, 7) is 4.32. The van der Waals surface area contributed by atoms with E-state index in [1.54, 1.807) is 0 Å². The molecule has 4 saturated carbocycles. The molecule has 0 aromatic carbocycles. The summed E-state index contributed by atoms with van der Waals surface area (Å²) in [4.78, 5) is 34.8. The number of ketones is 1. The van der Waals surface area contributed by atoms with Crippen LogP contribution in [0.1, 0.15) is 39.0 Å². The highest BCUT2D eigenvalue weighted by Gasteiger charge is 2.55. The Balaban J connectivity index is 1.44. The van der Waals surface area contributed by atoms with Crippen molar-refractivity contribution < 1.29 is 28.6 Å². The van der Waals surface area contributed by atoms with E-state index in [-0.39, 0.29) is 29.8 Å². The summed E-state index contributed by atoms with van der Waals surface area (Å²) < 4.78 is 15.6. The number of hydrogen-bond acceptors (Lipinski definition) is 6. The molecule has 2 unspecified atom stereocenters. The van der Waals surface area contributed by atoms with Gasteiger partial charge in [0.25, 0.3) is 0 Å². The molecule has 0 radical (unpaired) electrons. The number of ether oxygens (including phenoxy) is 3. The molecule has 23 heavy (non-hydrogen) atoms. The van der Waals surface area contributed by atoms with Gasteiger partial charge in [0.05, 0.1) is 5.60 Å². The highest BCUT2D eigenvalue weighted by molar-refractivity contribution is 5.88. The van der Waals surface area contributed by atoms with Crippen molar-refractivity contribution >= 4 is 17.7 Å². The molecule has 4 fully saturated rings. The fourth-order valence-corrected chi connectivity index (χ4v) is 4.36. The number of Topliss-reactive ketones (excluding diaryl/α,β-unsaturated/α-hetero) is 1. The first-order valence-corrected chi connectivity index (χ1v) is 8.04. The van der Waals surface area contributed by atoms with E-state index in [4.69, 9.17) is 14.2 Å². The average molecular weight is 322 g/mol.